The van der Waals surface area contributed by atoms with Crippen LogP contribution in [0, 0.1) is 0 Å². The summed E-state index contributed by atoms with van der Waals surface area (Å²) < 4.78 is 39.0. The van der Waals surface area contributed by atoms with E-state index in [0.29, 0.717) is 6.54 Å². The molecular weight excluding hydrogens is 141 g/mol. The molecule has 9 heavy (non-hydrogen) atoms. The average molecular weight is 148 g/mol. The van der Waals surface area contributed by atoms with E-state index in [1.165, 1.54) is 0 Å². The molecule has 0 aliphatic heterocycles. The van der Waals surface area contributed by atoms with E-state index in [9.17, 15) is 17.3 Å². The molecule has 0 aromatic carbocycles. The van der Waals surface area contributed by atoms with Gasteiger partial charge >= 0.3 is 7.25 Å². The van der Waals surface area contributed by atoms with Crippen LogP contribution in [0.3, 0.4) is 0 Å². The third kappa shape index (κ3) is 505. The van der Waals surface area contributed by atoms with Crippen molar-refractivity contribution in [3.63, 3.8) is 0 Å². The molecule has 0 amide bonds. The van der Waals surface area contributed by atoms with Gasteiger partial charge in [0.05, 0.1) is 6.61 Å². The van der Waals surface area contributed by atoms with Crippen molar-refractivity contribution in [3.05, 3.63) is 0 Å². The summed E-state index contributed by atoms with van der Waals surface area (Å²) in [5.74, 6) is 0. The first-order valence-corrected chi connectivity index (χ1v) is 2.10. The third-order valence-electron chi connectivity index (χ3n) is 0.129. The lowest BCUT2D eigenvalue weighted by molar-refractivity contribution is 0.306. The Morgan fingerprint density at radius 2 is 1.33 bits per heavy atom. The molecule has 2 nitrogen and oxygen atoms in total. The Morgan fingerprint density at radius 3 is 1.33 bits per heavy atom. The van der Waals surface area contributed by atoms with Gasteiger partial charge < -0.3 is 28.1 Å². The van der Waals surface area contributed by atoms with Gasteiger partial charge in [0, 0.05) is 6.54 Å². The lowest BCUT2D eigenvalue weighted by atomic mass is 10.3. The number of halogens is 4. The quantitative estimate of drug-likeness (QED) is 0.413. The molecule has 0 fully saturated rings. The standard InChI is InChI=1S/C2H7NO.BF4/c3-1-2-4;2-1(3,4)5/h4H,1-3H2;/q;-1. The van der Waals surface area contributed by atoms with Crippen molar-refractivity contribution in [3.8, 4) is 0 Å². The first-order valence-electron chi connectivity index (χ1n) is 2.10. The summed E-state index contributed by atoms with van der Waals surface area (Å²) in [6.07, 6.45) is 0. The van der Waals surface area contributed by atoms with Crippen LogP contribution in [0.1, 0.15) is 0 Å². The fourth-order valence-electron chi connectivity index (χ4n) is 0. The van der Waals surface area contributed by atoms with E-state index in [1.807, 2.05) is 0 Å². The van der Waals surface area contributed by atoms with Crippen LogP contribution in [0.25, 0.3) is 0 Å². The Labute approximate surface area is 49.8 Å². The molecule has 0 aliphatic rings. The van der Waals surface area contributed by atoms with E-state index in [1.54, 1.807) is 0 Å². The monoisotopic (exact) mass is 148 g/mol. The molecule has 3 N–H and O–H groups in total. The van der Waals surface area contributed by atoms with Crippen LogP contribution in [-0.4, -0.2) is 25.5 Å². The maximum absolute atomic E-state index is 9.75. The van der Waals surface area contributed by atoms with Gasteiger partial charge in [0.15, 0.2) is 0 Å². The molecule has 7 heteroatoms. The molecule has 0 saturated heterocycles. The first-order chi connectivity index (χ1) is 3.91. The van der Waals surface area contributed by atoms with Crippen molar-refractivity contribution in [2.45, 2.75) is 0 Å². The van der Waals surface area contributed by atoms with Crippen molar-refractivity contribution >= 4 is 7.25 Å². The van der Waals surface area contributed by atoms with Gasteiger partial charge in [-0.1, -0.05) is 0 Å². The van der Waals surface area contributed by atoms with E-state index in [2.05, 4.69) is 0 Å². The molecule has 0 heterocycles. The topological polar surface area (TPSA) is 46.2 Å². The van der Waals surface area contributed by atoms with Crippen LogP contribution in [0.4, 0.5) is 17.3 Å². The average Bonchev–Trinajstić information content (AvgIpc) is 1.61. The predicted molar refractivity (Wildman–Crippen MR) is 26.3 cm³/mol. The van der Waals surface area contributed by atoms with Crippen LogP contribution in [0.15, 0.2) is 0 Å². The van der Waals surface area contributed by atoms with Gasteiger partial charge in [0.25, 0.3) is 0 Å². The van der Waals surface area contributed by atoms with Crippen LogP contribution in [0.5, 0.6) is 0 Å². The number of hydrogen-bond acceptors (Lipinski definition) is 2. The Balaban J connectivity index is 0. The fraction of sp³-hybridized carbons (Fsp3) is 1.00. The highest BCUT2D eigenvalue weighted by molar-refractivity contribution is 6.50. The highest BCUT2D eigenvalue weighted by Crippen LogP contribution is 2.06. The van der Waals surface area contributed by atoms with E-state index in [-0.39, 0.29) is 6.61 Å². The van der Waals surface area contributed by atoms with Crippen molar-refractivity contribution in [2.24, 2.45) is 5.73 Å². The first kappa shape index (κ1) is 11.5. The zero-order chi connectivity index (χ0) is 7.91. The molecule has 0 atom stereocenters. The third-order valence-corrected chi connectivity index (χ3v) is 0.129. The minimum atomic E-state index is -6.00. The molecule has 0 saturated carbocycles. The number of hydrogen-bond donors (Lipinski definition) is 2. The Morgan fingerprint density at radius 1 is 1.22 bits per heavy atom. The van der Waals surface area contributed by atoms with Gasteiger partial charge in [0.2, 0.25) is 0 Å². The smallest absolute Gasteiger partial charge is 0.418 e. The number of aliphatic hydroxyl groups excluding tert-OH is 1. The predicted octanol–water partition coefficient (Wildman–Crippen LogP) is 0.237. The van der Waals surface area contributed by atoms with Crippen molar-refractivity contribution in [1.82, 2.24) is 0 Å². The molecule has 0 aliphatic carbocycles. The molecule has 0 aromatic heterocycles. The molecule has 0 radical (unpaired) electrons. The molecule has 0 bridgehead atoms. The molecular formula is C2H7BF4NO-. The van der Waals surface area contributed by atoms with E-state index < -0.39 is 7.25 Å². The zero-order valence-electron chi connectivity index (χ0n) is 4.53. The van der Waals surface area contributed by atoms with Crippen LogP contribution in [0.2, 0.25) is 0 Å². The lowest BCUT2D eigenvalue weighted by Crippen LogP contribution is -2.02. The Hall–Kier alpha value is -0.295. The number of rotatable bonds is 1. The lowest BCUT2D eigenvalue weighted by Gasteiger charge is -1.94. The van der Waals surface area contributed by atoms with Crippen molar-refractivity contribution < 1.29 is 22.4 Å². The summed E-state index contributed by atoms with van der Waals surface area (Å²) in [5.41, 5.74) is 4.78. The summed E-state index contributed by atoms with van der Waals surface area (Å²) in [4.78, 5) is 0. The molecule has 0 rings (SSSR count). The summed E-state index contributed by atoms with van der Waals surface area (Å²) >= 11 is 0. The van der Waals surface area contributed by atoms with E-state index in [0.717, 1.165) is 0 Å². The van der Waals surface area contributed by atoms with Gasteiger partial charge in [-0.25, -0.2) is 0 Å². The zero-order valence-corrected chi connectivity index (χ0v) is 4.53. The maximum atomic E-state index is 9.75. The molecule has 0 unspecified atom stereocenters. The van der Waals surface area contributed by atoms with Crippen LogP contribution < -0.4 is 5.73 Å². The summed E-state index contributed by atoms with van der Waals surface area (Å²) in [6, 6.07) is 0. The summed E-state index contributed by atoms with van der Waals surface area (Å²) in [5, 5.41) is 7.75. The fourth-order valence-corrected chi connectivity index (χ4v) is 0. The van der Waals surface area contributed by atoms with Gasteiger partial charge in [-0.05, 0) is 0 Å². The highest BCUT2D eigenvalue weighted by atomic mass is 19.5. The van der Waals surface area contributed by atoms with Crippen molar-refractivity contribution in [1.29, 1.82) is 0 Å². The summed E-state index contributed by atoms with van der Waals surface area (Å²) in [6.45, 7) is 0.472. The molecule has 0 spiro atoms. The van der Waals surface area contributed by atoms with Gasteiger partial charge in [-0.15, -0.1) is 0 Å². The van der Waals surface area contributed by atoms with E-state index in [4.69, 9.17) is 10.8 Å². The second-order valence-electron chi connectivity index (χ2n) is 1.01. The minimum Gasteiger partial charge on any atom is -0.418 e. The highest BCUT2D eigenvalue weighted by Gasteiger charge is 2.20. The second-order valence-corrected chi connectivity index (χ2v) is 1.01. The minimum absolute atomic E-state index is 0.0972. The van der Waals surface area contributed by atoms with Crippen LogP contribution in [-0.2, 0) is 0 Å². The second kappa shape index (κ2) is 5.83. The normalized spacial score (nSPS) is 10.0. The van der Waals surface area contributed by atoms with E-state index >= 15 is 0 Å². The van der Waals surface area contributed by atoms with Crippen LogP contribution >= 0.6 is 0 Å². The SMILES string of the molecule is F[B-](F)(F)F.NCCO. The number of aliphatic hydroxyl groups is 1. The molecule has 0 aromatic rings. The van der Waals surface area contributed by atoms with Gasteiger partial charge in [-0.3, -0.25) is 0 Å². The summed E-state index contributed by atoms with van der Waals surface area (Å²) in [7, 11) is -6.00. The van der Waals surface area contributed by atoms with Gasteiger partial charge in [0.1, 0.15) is 0 Å². The Bertz CT molecular complexity index is 49.0. The van der Waals surface area contributed by atoms with Gasteiger partial charge in [-0.2, -0.15) is 0 Å². The number of nitrogens with two attached hydrogens (primary N) is 1. The largest absolute Gasteiger partial charge is 0.673 e. The Kier molecular flexibility index (Phi) is 7.45. The molecule has 58 valence electrons. The van der Waals surface area contributed by atoms with Crippen molar-refractivity contribution in [2.75, 3.05) is 13.2 Å². The maximum Gasteiger partial charge on any atom is 0.673 e.